The Morgan fingerprint density at radius 3 is 2.61 bits per heavy atom. The van der Waals surface area contributed by atoms with Gasteiger partial charge in [-0.25, -0.2) is 17.8 Å². The van der Waals surface area contributed by atoms with Crippen LogP contribution in [0.1, 0.15) is 41.1 Å². The summed E-state index contributed by atoms with van der Waals surface area (Å²) in [6.45, 7) is 1.56. The van der Waals surface area contributed by atoms with Crippen LogP contribution in [-0.2, 0) is 10.0 Å². The molecule has 0 unspecified atom stereocenters. The number of sulfonamides is 1. The molecule has 0 aliphatic carbocycles. The van der Waals surface area contributed by atoms with Crippen LogP contribution in [0.2, 0.25) is 0 Å². The zero-order valence-corrected chi connectivity index (χ0v) is 17.5. The third-order valence-electron chi connectivity index (χ3n) is 4.96. The molecule has 1 atom stereocenters. The molecule has 0 spiro atoms. The number of amides is 1. The second kappa shape index (κ2) is 8.35. The second-order valence-electron chi connectivity index (χ2n) is 7.03. The van der Waals surface area contributed by atoms with E-state index < -0.39 is 27.8 Å². The van der Waals surface area contributed by atoms with Crippen LogP contribution in [0.25, 0.3) is 0 Å². The van der Waals surface area contributed by atoms with Crippen molar-refractivity contribution in [3.63, 3.8) is 0 Å². The summed E-state index contributed by atoms with van der Waals surface area (Å²) in [7, 11) is -3.38. The quantitative estimate of drug-likeness (QED) is 0.621. The number of furan rings is 1. The second-order valence-corrected chi connectivity index (χ2v) is 9.04. The molecule has 0 saturated carbocycles. The van der Waals surface area contributed by atoms with Crippen molar-refractivity contribution in [3.8, 4) is 0 Å². The van der Waals surface area contributed by atoms with Crippen molar-refractivity contribution in [1.82, 2.24) is 5.01 Å². The first kappa shape index (κ1) is 20.8. The molecule has 1 aliphatic rings. The molecule has 0 saturated heterocycles. The van der Waals surface area contributed by atoms with Gasteiger partial charge < -0.3 is 4.42 Å². The third kappa shape index (κ3) is 4.51. The smallest absolute Gasteiger partial charge is 0.310 e. The molecule has 2 aromatic carbocycles. The number of rotatable bonds is 6. The number of hydrogen-bond acceptors (Lipinski definition) is 5. The molecule has 1 N–H and O–H groups in total. The van der Waals surface area contributed by atoms with Gasteiger partial charge in [-0.1, -0.05) is 24.3 Å². The maximum Gasteiger partial charge on any atom is 0.310 e. The van der Waals surface area contributed by atoms with Gasteiger partial charge in [-0.3, -0.25) is 9.52 Å². The number of nitrogens with zero attached hydrogens (tertiary/aromatic N) is 2. The lowest BCUT2D eigenvalue weighted by Gasteiger charge is -2.21. The van der Waals surface area contributed by atoms with Gasteiger partial charge in [-0.05, 0) is 54.4 Å². The van der Waals surface area contributed by atoms with Crippen molar-refractivity contribution in [3.05, 3.63) is 89.6 Å². The van der Waals surface area contributed by atoms with E-state index in [1.807, 2.05) is 0 Å². The Bertz CT molecular complexity index is 1220. The minimum absolute atomic E-state index is 0.0272. The summed E-state index contributed by atoms with van der Waals surface area (Å²) in [5.41, 5.74) is 2.41. The molecule has 9 heteroatoms. The first-order chi connectivity index (χ1) is 14.9. The number of hydrazone groups is 1. The lowest BCUT2D eigenvalue weighted by Crippen LogP contribution is -2.26. The molecule has 0 bridgehead atoms. The molecule has 1 aromatic heterocycles. The van der Waals surface area contributed by atoms with Crippen molar-refractivity contribution in [2.45, 2.75) is 19.4 Å². The number of carbonyl (C=O) groups is 1. The number of anilines is 1. The number of hydrogen-bond donors (Lipinski definition) is 1. The molecule has 1 amide bonds. The molecule has 4 rings (SSSR count). The fraction of sp³-hybridized carbons (Fsp3) is 0.182. The molecule has 0 fully saturated rings. The van der Waals surface area contributed by atoms with Gasteiger partial charge in [-0.2, -0.15) is 5.10 Å². The molecular formula is C22H20FN3O4S. The summed E-state index contributed by atoms with van der Waals surface area (Å²) in [6.07, 6.45) is 1.77. The SMILES string of the molecule is CCS(=O)(=O)Nc1ccc(C2=NN(C(=O)c3ccco3)[C@H](c3cccc(F)c3)C2)cc1. The Hall–Kier alpha value is -3.46. The fourth-order valence-corrected chi connectivity index (χ4v) is 3.98. The van der Waals surface area contributed by atoms with E-state index >= 15 is 0 Å². The predicted molar refractivity (Wildman–Crippen MR) is 115 cm³/mol. The third-order valence-corrected chi connectivity index (χ3v) is 6.26. The monoisotopic (exact) mass is 441 g/mol. The maximum absolute atomic E-state index is 13.8. The van der Waals surface area contributed by atoms with Gasteiger partial charge in [0.25, 0.3) is 0 Å². The zero-order chi connectivity index (χ0) is 22.0. The highest BCUT2D eigenvalue weighted by Crippen LogP contribution is 2.34. The summed E-state index contributed by atoms with van der Waals surface area (Å²) < 4.78 is 45.0. The van der Waals surface area contributed by atoms with Crippen LogP contribution < -0.4 is 4.72 Å². The van der Waals surface area contributed by atoms with Gasteiger partial charge in [0.05, 0.1) is 23.8 Å². The van der Waals surface area contributed by atoms with Crippen LogP contribution in [0.3, 0.4) is 0 Å². The van der Waals surface area contributed by atoms with Crippen LogP contribution in [0.4, 0.5) is 10.1 Å². The average molecular weight is 441 g/mol. The van der Waals surface area contributed by atoms with E-state index in [1.54, 1.807) is 55.5 Å². The van der Waals surface area contributed by atoms with E-state index in [0.717, 1.165) is 5.56 Å². The van der Waals surface area contributed by atoms with E-state index in [-0.39, 0.29) is 11.5 Å². The van der Waals surface area contributed by atoms with Gasteiger partial charge >= 0.3 is 5.91 Å². The Balaban J connectivity index is 1.65. The van der Waals surface area contributed by atoms with E-state index in [9.17, 15) is 17.6 Å². The number of halogens is 1. The van der Waals surface area contributed by atoms with E-state index in [0.29, 0.717) is 23.4 Å². The van der Waals surface area contributed by atoms with Gasteiger partial charge in [-0.15, -0.1) is 0 Å². The van der Waals surface area contributed by atoms with Crippen LogP contribution in [0.15, 0.2) is 76.4 Å². The molecule has 31 heavy (non-hydrogen) atoms. The van der Waals surface area contributed by atoms with Gasteiger partial charge in [0.1, 0.15) is 5.82 Å². The lowest BCUT2D eigenvalue weighted by atomic mass is 9.98. The van der Waals surface area contributed by atoms with Crippen molar-refractivity contribution >= 4 is 27.3 Å². The first-order valence-corrected chi connectivity index (χ1v) is 11.3. The topological polar surface area (TPSA) is 92.0 Å². The molecule has 3 aromatic rings. The fourth-order valence-electron chi connectivity index (χ4n) is 3.34. The van der Waals surface area contributed by atoms with Crippen LogP contribution in [0, 0.1) is 5.82 Å². The number of nitrogens with one attached hydrogen (secondary N) is 1. The van der Waals surface area contributed by atoms with Crippen molar-refractivity contribution < 1.29 is 22.0 Å². The Morgan fingerprint density at radius 1 is 1.19 bits per heavy atom. The maximum atomic E-state index is 13.8. The molecule has 1 aliphatic heterocycles. The van der Waals surface area contributed by atoms with E-state index in [1.165, 1.54) is 23.4 Å². The molecule has 160 valence electrons. The summed E-state index contributed by atoms with van der Waals surface area (Å²) in [5.74, 6) is -0.720. The highest BCUT2D eigenvalue weighted by Gasteiger charge is 2.34. The Morgan fingerprint density at radius 2 is 1.97 bits per heavy atom. The first-order valence-electron chi connectivity index (χ1n) is 9.67. The molecule has 0 radical (unpaired) electrons. The highest BCUT2D eigenvalue weighted by atomic mass is 32.2. The minimum Gasteiger partial charge on any atom is -0.459 e. The van der Waals surface area contributed by atoms with Gasteiger partial charge in [0, 0.05) is 12.1 Å². The largest absolute Gasteiger partial charge is 0.459 e. The van der Waals surface area contributed by atoms with Crippen molar-refractivity contribution in [2.75, 3.05) is 10.5 Å². The van der Waals surface area contributed by atoms with E-state index in [4.69, 9.17) is 4.42 Å². The number of carbonyl (C=O) groups excluding carboxylic acids is 1. The zero-order valence-electron chi connectivity index (χ0n) is 16.7. The molecule has 2 heterocycles. The van der Waals surface area contributed by atoms with Crippen LogP contribution in [0.5, 0.6) is 0 Å². The highest BCUT2D eigenvalue weighted by molar-refractivity contribution is 7.92. The normalized spacial score (nSPS) is 16.3. The van der Waals surface area contributed by atoms with Crippen molar-refractivity contribution in [1.29, 1.82) is 0 Å². The Labute approximate surface area is 179 Å². The van der Waals surface area contributed by atoms with Gasteiger partial charge in [0.15, 0.2) is 5.76 Å². The minimum atomic E-state index is -3.38. The lowest BCUT2D eigenvalue weighted by molar-refractivity contribution is 0.0678. The summed E-state index contributed by atoms with van der Waals surface area (Å²) in [4.78, 5) is 13.0. The Kier molecular flexibility index (Phi) is 5.60. The summed E-state index contributed by atoms with van der Waals surface area (Å²) in [5, 5.41) is 5.80. The summed E-state index contributed by atoms with van der Waals surface area (Å²) in [6, 6.07) is 15.5. The summed E-state index contributed by atoms with van der Waals surface area (Å²) >= 11 is 0. The van der Waals surface area contributed by atoms with Crippen molar-refractivity contribution in [2.24, 2.45) is 5.10 Å². The average Bonchev–Trinajstić information content (AvgIpc) is 3.44. The van der Waals surface area contributed by atoms with Crippen LogP contribution >= 0.6 is 0 Å². The molecular weight excluding hydrogens is 421 g/mol. The van der Waals surface area contributed by atoms with E-state index in [2.05, 4.69) is 9.82 Å². The predicted octanol–water partition coefficient (Wildman–Crippen LogP) is 4.17. The van der Waals surface area contributed by atoms with Crippen LogP contribution in [-0.4, -0.2) is 30.8 Å². The number of benzene rings is 2. The van der Waals surface area contributed by atoms with Gasteiger partial charge in [0.2, 0.25) is 10.0 Å². The molecule has 7 nitrogen and oxygen atoms in total. The standard InChI is InChI=1S/C22H20FN3O4S/c1-2-31(28,29)25-18-10-8-15(9-11-18)19-14-20(16-5-3-6-17(23)13-16)26(24-19)22(27)21-7-4-12-30-21/h3-13,20,25H,2,14H2,1H3/t20-/m0/s1.